The number of nitrogens with zero attached hydrogens (tertiary/aromatic N) is 1. The second kappa shape index (κ2) is 6.54. The smallest absolute Gasteiger partial charge is 0.341 e. The van der Waals surface area contributed by atoms with Crippen LogP contribution in [0.15, 0.2) is 28.8 Å². The van der Waals surface area contributed by atoms with Crippen molar-refractivity contribution in [3.63, 3.8) is 0 Å². The molecule has 112 valence electrons. The predicted molar refractivity (Wildman–Crippen MR) is 78.2 cm³/mol. The van der Waals surface area contributed by atoms with Crippen LogP contribution in [0.4, 0.5) is 0 Å². The molecule has 5 heteroatoms. The van der Waals surface area contributed by atoms with Crippen molar-refractivity contribution in [2.75, 3.05) is 7.11 Å². The predicted octanol–water partition coefficient (Wildman–Crippen LogP) is 3.38. The number of hydrogen-bond acceptors (Lipinski definition) is 4. The molecule has 1 aromatic heterocycles. The van der Waals surface area contributed by atoms with E-state index in [1.165, 1.54) is 0 Å². The van der Waals surface area contributed by atoms with Crippen LogP contribution in [0.3, 0.4) is 0 Å². The molecule has 0 aliphatic rings. The minimum Gasteiger partial charge on any atom is -0.477 e. The Morgan fingerprint density at radius 1 is 1.43 bits per heavy atom. The highest BCUT2D eigenvalue weighted by atomic mass is 16.5. The summed E-state index contributed by atoms with van der Waals surface area (Å²) in [5.74, 6) is -0.299. The third-order valence-electron chi connectivity index (χ3n) is 3.08. The first-order chi connectivity index (χ1) is 10.0. The fourth-order valence-corrected chi connectivity index (χ4v) is 2.23. The van der Waals surface area contributed by atoms with Crippen molar-refractivity contribution < 1.29 is 19.2 Å². The lowest BCUT2D eigenvalue weighted by Gasteiger charge is -2.04. The summed E-state index contributed by atoms with van der Waals surface area (Å²) in [5.41, 5.74) is 2.20. The fourth-order valence-electron chi connectivity index (χ4n) is 2.23. The molecule has 1 aromatic carbocycles. The fraction of sp³-hybridized carbons (Fsp3) is 0.375. The normalized spacial score (nSPS) is 11.0. The molecule has 2 rings (SSSR count). The Balaban J connectivity index is 2.46. The van der Waals surface area contributed by atoms with Gasteiger partial charge in [-0.1, -0.05) is 37.2 Å². The number of methoxy groups -OCH3 is 1. The third kappa shape index (κ3) is 3.49. The van der Waals surface area contributed by atoms with Crippen LogP contribution in [0.5, 0.6) is 0 Å². The summed E-state index contributed by atoms with van der Waals surface area (Å²) in [6, 6.07) is 7.46. The number of carboxylic acids is 1. The summed E-state index contributed by atoms with van der Waals surface area (Å²) < 4.78 is 10.4. The first-order valence-electron chi connectivity index (χ1n) is 6.83. The van der Waals surface area contributed by atoms with Gasteiger partial charge in [-0.25, -0.2) is 4.79 Å². The average molecular weight is 289 g/mol. The summed E-state index contributed by atoms with van der Waals surface area (Å²) in [6.07, 6.45) is 0.548. The van der Waals surface area contributed by atoms with Gasteiger partial charge in [0, 0.05) is 19.1 Å². The first-order valence-corrected chi connectivity index (χ1v) is 6.83. The second-order valence-electron chi connectivity index (χ2n) is 5.37. The standard InChI is InChI=1S/C16H19NO4/c1-10(2)7-13-14(16(18)19)15(17-21-13)12-6-4-5-11(8-12)9-20-3/h4-6,8,10H,7,9H2,1-3H3,(H,18,19). The SMILES string of the molecule is COCc1cccc(-c2noc(CC(C)C)c2C(=O)O)c1. The second-order valence-corrected chi connectivity index (χ2v) is 5.37. The van der Waals surface area contributed by atoms with Gasteiger partial charge in [0.2, 0.25) is 0 Å². The van der Waals surface area contributed by atoms with E-state index in [9.17, 15) is 9.90 Å². The number of hydrogen-bond donors (Lipinski definition) is 1. The van der Waals surface area contributed by atoms with Gasteiger partial charge in [-0.3, -0.25) is 0 Å². The molecule has 0 bridgehead atoms. The summed E-state index contributed by atoms with van der Waals surface area (Å²) in [7, 11) is 1.62. The Morgan fingerprint density at radius 2 is 2.19 bits per heavy atom. The van der Waals surface area contributed by atoms with E-state index in [1.54, 1.807) is 7.11 Å². The topological polar surface area (TPSA) is 72.6 Å². The van der Waals surface area contributed by atoms with E-state index in [-0.39, 0.29) is 5.56 Å². The van der Waals surface area contributed by atoms with Crippen LogP contribution in [0.1, 0.15) is 35.5 Å². The Hall–Kier alpha value is -2.14. The van der Waals surface area contributed by atoms with Gasteiger partial charge >= 0.3 is 5.97 Å². The molecular formula is C16H19NO4. The summed E-state index contributed by atoms with van der Waals surface area (Å²) >= 11 is 0. The van der Waals surface area contributed by atoms with Crippen molar-refractivity contribution in [1.82, 2.24) is 5.16 Å². The molecule has 21 heavy (non-hydrogen) atoms. The molecule has 0 spiro atoms. The van der Waals surface area contributed by atoms with Crippen molar-refractivity contribution in [3.05, 3.63) is 41.2 Å². The highest BCUT2D eigenvalue weighted by molar-refractivity contribution is 5.95. The molecule has 0 aliphatic carbocycles. The minimum atomic E-state index is -1.01. The Morgan fingerprint density at radius 3 is 2.81 bits per heavy atom. The van der Waals surface area contributed by atoms with Gasteiger partial charge in [-0.15, -0.1) is 0 Å². The maximum absolute atomic E-state index is 11.5. The zero-order valence-corrected chi connectivity index (χ0v) is 12.4. The van der Waals surface area contributed by atoms with E-state index < -0.39 is 5.97 Å². The monoisotopic (exact) mass is 289 g/mol. The van der Waals surface area contributed by atoms with E-state index in [0.29, 0.717) is 30.4 Å². The number of aromatic nitrogens is 1. The lowest BCUT2D eigenvalue weighted by Crippen LogP contribution is -2.04. The molecule has 0 saturated heterocycles. The summed E-state index contributed by atoms with van der Waals surface area (Å²) in [4.78, 5) is 11.5. The number of ether oxygens (including phenoxy) is 1. The van der Waals surface area contributed by atoms with Crippen LogP contribution >= 0.6 is 0 Å². The van der Waals surface area contributed by atoms with Crippen molar-refractivity contribution in [1.29, 1.82) is 0 Å². The molecule has 0 aliphatic heterocycles. The van der Waals surface area contributed by atoms with Crippen molar-refractivity contribution in [3.8, 4) is 11.3 Å². The molecule has 0 radical (unpaired) electrons. The van der Waals surface area contributed by atoms with Gasteiger partial charge in [0.05, 0.1) is 6.61 Å². The zero-order chi connectivity index (χ0) is 15.4. The van der Waals surface area contributed by atoms with E-state index in [0.717, 1.165) is 11.1 Å². The van der Waals surface area contributed by atoms with Gasteiger partial charge in [0.25, 0.3) is 0 Å². The molecule has 0 atom stereocenters. The van der Waals surface area contributed by atoms with Crippen molar-refractivity contribution in [2.24, 2.45) is 5.92 Å². The van der Waals surface area contributed by atoms with Crippen LogP contribution in [0.25, 0.3) is 11.3 Å². The van der Waals surface area contributed by atoms with Crippen molar-refractivity contribution >= 4 is 5.97 Å². The van der Waals surface area contributed by atoms with Crippen LogP contribution in [0, 0.1) is 5.92 Å². The van der Waals surface area contributed by atoms with Gasteiger partial charge in [-0.2, -0.15) is 0 Å². The van der Waals surface area contributed by atoms with Crippen LogP contribution in [-0.2, 0) is 17.8 Å². The Labute approximate surface area is 123 Å². The molecule has 2 aromatic rings. The number of aromatic carboxylic acids is 1. The lowest BCUT2D eigenvalue weighted by atomic mass is 10.00. The van der Waals surface area contributed by atoms with E-state index in [2.05, 4.69) is 5.16 Å². The van der Waals surface area contributed by atoms with Crippen LogP contribution < -0.4 is 0 Å². The number of carboxylic acid groups (broad SMARTS) is 1. The highest BCUT2D eigenvalue weighted by Crippen LogP contribution is 2.28. The first kappa shape index (κ1) is 15.3. The minimum absolute atomic E-state index is 0.151. The van der Waals surface area contributed by atoms with Crippen molar-refractivity contribution in [2.45, 2.75) is 26.9 Å². The molecule has 0 fully saturated rings. The molecule has 0 saturated carbocycles. The zero-order valence-electron chi connectivity index (χ0n) is 12.4. The third-order valence-corrected chi connectivity index (χ3v) is 3.08. The lowest BCUT2D eigenvalue weighted by molar-refractivity contribution is 0.0695. The maximum atomic E-state index is 11.5. The van der Waals surface area contributed by atoms with E-state index >= 15 is 0 Å². The number of benzene rings is 1. The molecule has 0 unspecified atom stereocenters. The Kier molecular flexibility index (Phi) is 4.75. The molecule has 5 nitrogen and oxygen atoms in total. The van der Waals surface area contributed by atoms with Gasteiger partial charge in [-0.05, 0) is 17.5 Å². The largest absolute Gasteiger partial charge is 0.477 e. The molecule has 0 amide bonds. The molecular weight excluding hydrogens is 270 g/mol. The van der Waals surface area contributed by atoms with E-state index in [4.69, 9.17) is 9.26 Å². The Bertz CT molecular complexity index is 631. The van der Waals surface area contributed by atoms with Crippen LogP contribution in [-0.4, -0.2) is 23.3 Å². The number of rotatable bonds is 6. The van der Waals surface area contributed by atoms with Gasteiger partial charge in [0.15, 0.2) is 5.76 Å². The average Bonchev–Trinajstić information content (AvgIpc) is 2.82. The molecule has 1 N–H and O–H groups in total. The molecule has 1 heterocycles. The van der Waals surface area contributed by atoms with Crippen LogP contribution in [0.2, 0.25) is 0 Å². The highest BCUT2D eigenvalue weighted by Gasteiger charge is 2.24. The van der Waals surface area contributed by atoms with E-state index in [1.807, 2.05) is 38.1 Å². The quantitative estimate of drug-likeness (QED) is 0.882. The summed E-state index contributed by atoms with van der Waals surface area (Å²) in [5, 5.41) is 13.4. The number of carbonyl (C=O) groups is 1. The maximum Gasteiger partial charge on any atom is 0.341 e. The van der Waals surface area contributed by atoms with Gasteiger partial charge in [0.1, 0.15) is 11.3 Å². The summed E-state index contributed by atoms with van der Waals surface area (Å²) in [6.45, 7) is 4.48. The van der Waals surface area contributed by atoms with Gasteiger partial charge < -0.3 is 14.4 Å².